The Balaban J connectivity index is 1.44. The third-order valence-electron chi connectivity index (χ3n) is 7.54. The van der Waals surface area contributed by atoms with Crippen LogP contribution in [0.4, 0.5) is 5.69 Å². The van der Waals surface area contributed by atoms with E-state index in [9.17, 15) is 14.7 Å². The minimum atomic E-state index is -0.612. The van der Waals surface area contributed by atoms with E-state index in [-0.39, 0.29) is 37.6 Å². The summed E-state index contributed by atoms with van der Waals surface area (Å²) in [6, 6.07) is 15.7. The molecule has 4 N–H and O–H groups in total. The number of unbranched alkanes of at least 4 members (excludes halogenated alkanes) is 1. The monoisotopic (exact) mass is 555 g/mol. The first-order valence-electron chi connectivity index (χ1n) is 14.1. The summed E-state index contributed by atoms with van der Waals surface area (Å²) in [4.78, 5) is 26.1. The lowest BCUT2D eigenvalue weighted by Gasteiger charge is -2.39. The Hall–Kier alpha value is -2.86. The molecule has 4 rings (SSSR count). The van der Waals surface area contributed by atoms with Gasteiger partial charge in [-0.1, -0.05) is 36.4 Å². The average molecular weight is 556 g/mol. The van der Waals surface area contributed by atoms with Gasteiger partial charge < -0.3 is 24.6 Å². The fourth-order valence-corrected chi connectivity index (χ4v) is 5.42. The van der Waals surface area contributed by atoms with Gasteiger partial charge in [0.1, 0.15) is 0 Å². The number of aliphatic hydroxyl groups excluding tert-OH is 1. The number of hydrogen-bond acceptors (Lipinski definition) is 8. The number of anilines is 1. The van der Waals surface area contributed by atoms with Gasteiger partial charge in [-0.3, -0.25) is 19.7 Å². The molecule has 0 bridgehead atoms. The molecule has 218 valence electrons. The number of carbonyl (C=O) groups excluding carboxylic acids is 2. The maximum absolute atomic E-state index is 12.5. The molecule has 2 aliphatic heterocycles. The average Bonchev–Trinajstić information content (AvgIpc) is 3.41. The second kappa shape index (κ2) is 15.2. The highest BCUT2D eigenvalue weighted by Crippen LogP contribution is 2.39. The minimum absolute atomic E-state index is 0.00742. The van der Waals surface area contributed by atoms with Crippen molar-refractivity contribution < 1.29 is 34.1 Å². The van der Waals surface area contributed by atoms with Crippen LogP contribution in [0.15, 0.2) is 48.5 Å². The van der Waals surface area contributed by atoms with Crippen molar-refractivity contribution in [3.05, 3.63) is 65.2 Å². The predicted octanol–water partition coefficient (Wildman–Crippen LogP) is 3.84. The smallest absolute Gasteiger partial charge is 0.243 e. The zero-order valence-corrected chi connectivity index (χ0v) is 23.1. The fraction of sp³-hybridized carbons (Fsp3) is 0.533. The van der Waals surface area contributed by atoms with Crippen molar-refractivity contribution in [3.63, 3.8) is 0 Å². The Kier molecular flexibility index (Phi) is 11.5. The Morgan fingerprint density at radius 2 is 1.82 bits per heavy atom. The van der Waals surface area contributed by atoms with Crippen molar-refractivity contribution in [2.75, 3.05) is 32.1 Å². The molecule has 2 saturated heterocycles. The number of carbonyl (C=O) groups is 2. The number of benzene rings is 2. The Morgan fingerprint density at radius 1 is 1.05 bits per heavy atom. The molecular weight excluding hydrogens is 514 g/mol. The summed E-state index contributed by atoms with van der Waals surface area (Å²) in [5.41, 5.74) is 4.94. The van der Waals surface area contributed by atoms with E-state index in [1.165, 1.54) is 0 Å². The van der Waals surface area contributed by atoms with E-state index in [0.29, 0.717) is 37.6 Å². The summed E-state index contributed by atoms with van der Waals surface area (Å²) in [6.45, 7) is 2.49. The highest BCUT2D eigenvalue weighted by atomic mass is 16.7. The van der Waals surface area contributed by atoms with Crippen molar-refractivity contribution in [2.45, 2.75) is 76.1 Å². The highest BCUT2D eigenvalue weighted by Gasteiger charge is 2.35. The summed E-state index contributed by atoms with van der Waals surface area (Å²) >= 11 is 0. The van der Waals surface area contributed by atoms with E-state index >= 15 is 0 Å². The van der Waals surface area contributed by atoms with Crippen molar-refractivity contribution in [2.24, 2.45) is 0 Å². The van der Waals surface area contributed by atoms with Crippen LogP contribution in [0, 0.1) is 0 Å². The van der Waals surface area contributed by atoms with Gasteiger partial charge in [-0.05, 0) is 55.5 Å². The lowest BCUT2D eigenvalue weighted by molar-refractivity contribution is -0.253. The van der Waals surface area contributed by atoms with E-state index < -0.39 is 12.2 Å². The van der Waals surface area contributed by atoms with Crippen molar-refractivity contribution in [1.29, 1.82) is 0 Å². The lowest BCUT2D eigenvalue weighted by atomic mass is 9.99. The molecule has 2 aromatic rings. The van der Waals surface area contributed by atoms with E-state index in [4.69, 9.17) is 19.4 Å². The quantitative estimate of drug-likeness (QED) is 0.167. The molecule has 40 heavy (non-hydrogen) atoms. The molecule has 10 heteroatoms. The number of likely N-dealkylation sites (tertiary alicyclic amines) is 1. The third kappa shape index (κ3) is 8.57. The molecular formula is C30H41N3O7. The van der Waals surface area contributed by atoms with Crippen LogP contribution in [0.1, 0.15) is 74.0 Å². The van der Waals surface area contributed by atoms with E-state index in [1.54, 1.807) is 12.6 Å². The second-order valence-corrected chi connectivity index (χ2v) is 10.5. The van der Waals surface area contributed by atoms with Gasteiger partial charge in [0, 0.05) is 50.2 Å². The van der Waals surface area contributed by atoms with Crippen LogP contribution < -0.4 is 10.8 Å². The molecule has 2 fully saturated rings. The van der Waals surface area contributed by atoms with Gasteiger partial charge in [-0.15, -0.1) is 0 Å². The number of amides is 2. The summed E-state index contributed by atoms with van der Waals surface area (Å²) in [6.07, 6.45) is 3.58. The zero-order valence-electron chi connectivity index (χ0n) is 23.1. The number of methoxy groups -OCH3 is 1. The molecule has 0 saturated carbocycles. The van der Waals surface area contributed by atoms with Crippen molar-refractivity contribution >= 4 is 17.5 Å². The van der Waals surface area contributed by atoms with Gasteiger partial charge in [0.05, 0.1) is 25.4 Å². The predicted molar refractivity (Wildman–Crippen MR) is 148 cm³/mol. The molecule has 2 aromatic carbocycles. The molecule has 2 aliphatic rings. The molecule has 4 atom stereocenters. The van der Waals surface area contributed by atoms with Gasteiger partial charge in [0.2, 0.25) is 11.8 Å². The van der Waals surface area contributed by atoms with Crippen molar-refractivity contribution in [1.82, 2.24) is 10.4 Å². The number of hydroxylamine groups is 1. The number of nitrogens with one attached hydrogen (secondary N) is 2. The maximum atomic E-state index is 12.5. The van der Waals surface area contributed by atoms with Gasteiger partial charge in [-0.25, -0.2) is 5.48 Å². The van der Waals surface area contributed by atoms with Crippen LogP contribution in [0.25, 0.3) is 0 Å². The first kappa shape index (κ1) is 30.1. The van der Waals surface area contributed by atoms with Crippen LogP contribution in [0.5, 0.6) is 0 Å². The van der Waals surface area contributed by atoms with E-state index in [0.717, 1.165) is 42.6 Å². The first-order chi connectivity index (χ1) is 19.5. The Bertz CT molecular complexity index is 1100. The second-order valence-electron chi connectivity index (χ2n) is 10.5. The van der Waals surface area contributed by atoms with E-state index in [1.807, 2.05) is 48.5 Å². The highest BCUT2D eigenvalue weighted by molar-refractivity contribution is 5.90. The van der Waals surface area contributed by atoms with Gasteiger partial charge in [0.25, 0.3) is 0 Å². The molecule has 0 aromatic heterocycles. The molecule has 10 nitrogen and oxygen atoms in total. The number of hydrogen-bond donors (Lipinski definition) is 4. The topological polar surface area (TPSA) is 130 Å². The first-order valence-corrected chi connectivity index (χ1v) is 14.1. The molecule has 2 amide bonds. The number of nitrogens with zero attached hydrogens (tertiary/aromatic N) is 1. The Morgan fingerprint density at radius 3 is 2.55 bits per heavy atom. The van der Waals surface area contributed by atoms with Crippen LogP contribution in [0.3, 0.4) is 0 Å². The summed E-state index contributed by atoms with van der Waals surface area (Å²) in [5.74, 6) is -0.606. The molecule has 0 aliphatic carbocycles. The number of ether oxygens (including phenoxy) is 3. The minimum Gasteiger partial charge on any atom is -0.392 e. The molecule has 2 heterocycles. The van der Waals surface area contributed by atoms with Crippen LogP contribution >= 0.6 is 0 Å². The number of aliphatic hydroxyl groups is 1. The molecule has 0 spiro atoms. The van der Waals surface area contributed by atoms with Gasteiger partial charge >= 0.3 is 0 Å². The largest absolute Gasteiger partial charge is 0.392 e. The Labute approximate surface area is 235 Å². The van der Waals surface area contributed by atoms with Crippen LogP contribution in [-0.4, -0.2) is 66.0 Å². The van der Waals surface area contributed by atoms with E-state index in [2.05, 4.69) is 10.2 Å². The van der Waals surface area contributed by atoms with Crippen LogP contribution in [-0.2, 0) is 30.4 Å². The summed E-state index contributed by atoms with van der Waals surface area (Å²) in [5, 5.41) is 21.0. The third-order valence-corrected chi connectivity index (χ3v) is 7.54. The zero-order chi connectivity index (χ0) is 28.3. The summed E-state index contributed by atoms with van der Waals surface area (Å²) in [7, 11) is 1.74. The standard InChI is InChI=1S/C30H41N3O7/c1-38-20-25-8-5-15-33(25)18-26-17-27(22-13-11-21(19-34)12-14-22)40-30(39-26)23-6-4-7-24(16-23)31-28(35)9-2-3-10-29(36)32-37/h4,6-7,11-14,16,25-27,30,34,37H,2-3,5,8-10,15,17-20H2,1H3,(H,31,35)(H,32,36)/t25-,26+,27-,30-/m0/s1. The van der Waals surface area contributed by atoms with Gasteiger partial charge in [-0.2, -0.15) is 0 Å². The molecule has 0 radical (unpaired) electrons. The normalized spacial score (nSPS) is 23.2. The van der Waals surface area contributed by atoms with Gasteiger partial charge in [0.15, 0.2) is 6.29 Å². The lowest BCUT2D eigenvalue weighted by Crippen LogP contribution is -2.42. The molecule has 0 unspecified atom stereocenters. The number of rotatable bonds is 13. The SMILES string of the molecule is COC[C@@H]1CCCN1C[C@H]1C[C@@H](c2ccc(CO)cc2)O[C@@H](c2cccc(NC(=O)CCCCC(=O)NO)c2)O1. The fourth-order valence-electron chi connectivity index (χ4n) is 5.42. The summed E-state index contributed by atoms with van der Waals surface area (Å²) < 4.78 is 18.4. The maximum Gasteiger partial charge on any atom is 0.243 e. The van der Waals surface area contributed by atoms with Crippen LogP contribution in [0.2, 0.25) is 0 Å². The van der Waals surface area contributed by atoms with Crippen molar-refractivity contribution in [3.8, 4) is 0 Å².